The van der Waals surface area contributed by atoms with Crippen LogP contribution in [0.4, 0.5) is 0 Å². The zero-order valence-corrected chi connectivity index (χ0v) is 21.5. The van der Waals surface area contributed by atoms with E-state index in [4.69, 9.17) is 11.1 Å². The Morgan fingerprint density at radius 2 is 0.897 bits per heavy atom. The van der Waals surface area contributed by atoms with Crippen LogP contribution in [-0.4, -0.2) is 7.38 Å². The van der Waals surface area contributed by atoms with Crippen molar-refractivity contribution >= 4 is 23.6 Å². The number of benzene rings is 1. The molecule has 1 atom stereocenters. The van der Waals surface area contributed by atoms with Crippen LogP contribution in [0.5, 0.6) is 0 Å². The van der Waals surface area contributed by atoms with E-state index in [1.54, 1.807) is 0 Å². The van der Waals surface area contributed by atoms with Crippen molar-refractivity contribution in [1.29, 1.82) is 0 Å². The van der Waals surface area contributed by atoms with E-state index in [1.807, 2.05) is 0 Å². The van der Waals surface area contributed by atoms with Gasteiger partial charge < -0.3 is 0 Å². The highest BCUT2D eigenvalue weighted by Gasteiger charge is 2.25. The van der Waals surface area contributed by atoms with Gasteiger partial charge in [0.25, 0.3) is 0 Å². The molecule has 0 bridgehead atoms. The second kappa shape index (κ2) is 18.5. The Kier molecular flexibility index (Phi) is 17.1. The van der Waals surface area contributed by atoms with Crippen molar-refractivity contribution in [2.75, 3.05) is 0 Å². The highest BCUT2D eigenvalue weighted by molar-refractivity contribution is 7.26. The minimum Gasteiger partial charge on any atom is -0.161 e. The minimum absolute atomic E-state index is 1.22. The maximum atomic E-state index is 6.88. The summed E-state index contributed by atoms with van der Waals surface area (Å²) in [5.41, 5.74) is 0. The Balaban J connectivity index is 1.79. The van der Waals surface area contributed by atoms with Crippen LogP contribution < -0.4 is 5.19 Å². The lowest BCUT2D eigenvalue weighted by Crippen LogP contribution is -2.38. The Morgan fingerprint density at radius 1 is 0.552 bits per heavy atom. The summed E-state index contributed by atoms with van der Waals surface area (Å²) in [6.45, 7) is 4.60. The van der Waals surface area contributed by atoms with Gasteiger partial charge in [0, 0.05) is 0 Å². The van der Waals surface area contributed by atoms with Crippen LogP contribution in [0.25, 0.3) is 0 Å². The molecule has 0 spiro atoms. The Bertz CT molecular complexity index is 457. The van der Waals surface area contributed by atoms with E-state index >= 15 is 0 Å². The van der Waals surface area contributed by atoms with Crippen molar-refractivity contribution in [3.63, 3.8) is 0 Å². The standard InChI is InChI=1S/C27H49ClSi/c1-3-4-5-6-7-8-9-10-11-12-13-14-15-16-17-18-19-23-26-29(2,28)27-24-21-20-22-25-27/h20-22,24-25H,3-19,23,26H2,1-2H3. The molecule has 0 aliphatic carbocycles. The zero-order valence-electron chi connectivity index (χ0n) is 19.7. The first-order valence-electron chi connectivity index (χ1n) is 12.9. The number of halogens is 1. The average Bonchev–Trinajstić information content (AvgIpc) is 2.73. The quantitative estimate of drug-likeness (QED) is 0.108. The molecule has 29 heavy (non-hydrogen) atoms. The van der Waals surface area contributed by atoms with Crippen molar-refractivity contribution in [3.8, 4) is 0 Å². The second-order valence-corrected chi connectivity index (χ2v) is 15.3. The maximum Gasteiger partial charge on any atom is 0.183 e. The summed E-state index contributed by atoms with van der Waals surface area (Å²) in [7, 11) is -1.72. The fourth-order valence-corrected chi connectivity index (χ4v) is 7.16. The molecule has 1 rings (SSSR count). The van der Waals surface area contributed by atoms with E-state index in [9.17, 15) is 0 Å². The van der Waals surface area contributed by atoms with E-state index in [2.05, 4.69) is 43.8 Å². The third-order valence-corrected chi connectivity index (χ3v) is 10.4. The van der Waals surface area contributed by atoms with E-state index in [1.165, 1.54) is 127 Å². The summed E-state index contributed by atoms with van der Waals surface area (Å²) in [5, 5.41) is 1.40. The Hall–Kier alpha value is -0.273. The molecule has 168 valence electrons. The molecular formula is C27H49ClSi. The zero-order chi connectivity index (χ0) is 21.0. The van der Waals surface area contributed by atoms with Gasteiger partial charge in [0.2, 0.25) is 0 Å². The van der Waals surface area contributed by atoms with Crippen LogP contribution in [0.1, 0.15) is 122 Å². The fourth-order valence-electron chi connectivity index (χ4n) is 4.29. The van der Waals surface area contributed by atoms with Gasteiger partial charge in [-0.15, -0.1) is 0 Å². The van der Waals surface area contributed by atoms with Gasteiger partial charge >= 0.3 is 0 Å². The van der Waals surface area contributed by atoms with Gasteiger partial charge in [-0.1, -0.05) is 159 Å². The molecule has 1 aromatic carbocycles. The van der Waals surface area contributed by atoms with Crippen LogP contribution >= 0.6 is 11.1 Å². The SMILES string of the molecule is CCCCCCCCCCCCCCCCCCCC[Si](C)(Cl)c1ccccc1. The highest BCUT2D eigenvalue weighted by Crippen LogP contribution is 2.20. The summed E-state index contributed by atoms with van der Waals surface area (Å²) in [6, 6.07) is 12.0. The van der Waals surface area contributed by atoms with Crippen LogP contribution in [-0.2, 0) is 0 Å². The first kappa shape index (κ1) is 26.8. The molecule has 0 amide bonds. The summed E-state index contributed by atoms with van der Waals surface area (Å²) in [4.78, 5) is 0. The van der Waals surface area contributed by atoms with Gasteiger partial charge in [0.15, 0.2) is 7.38 Å². The monoisotopic (exact) mass is 436 g/mol. The van der Waals surface area contributed by atoms with Gasteiger partial charge in [-0.2, -0.15) is 11.1 Å². The van der Waals surface area contributed by atoms with E-state index in [0.717, 1.165) is 0 Å². The molecule has 0 aliphatic heterocycles. The lowest BCUT2D eigenvalue weighted by molar-refractivity contribution is 0.526. The first-order chi connectivity index (χ1) is 14.2. The Labute approximate surface area is 188 Å². The molecule has 2 heteroatoms. The minimum atomic E-state index is -1.72. The third-order valence-electron chi connectivity index (χ3n) is 6.38. The molecule has 0 aromatic heterocycles. The summed E-state index contributed by atoms with van der Waals surface area (Å²) < 4.78 is 0. The molecule has 0 heterocycles. The van der Waals surface area contributed by atoms with Crippen LogP contribution in [0, 0.1) is 0 Å². The van der Waals surface area contributed by atoms with Crippen LogP contribution in [0.15, 0.2) is 30.3 Å². The van der Waals surface area contributed by atoms with Crippen LogP contribution in [0.2, 0.25) is 12.6 Å². The van der Waals surface area contributed by atoms with Crippen molar-refractivity contribution in [2.24, 2.45) is 0 Å². The maximum absolute atomic E-state index is 6.88. The average molecular weight is 437 g/mol. The summed E-state index contributed by atoms with van der Waals surface area (Å²) >= 11 is 6.88. The fraction of sp³-hybridized carbons (Fsp3) is 0.778. The molecule has 0 aliphatic rings. The van der Waals surface area contributed by atoms with Gasteiger partial charge in [-0.25, -0.2) is 0 Å². The summed E-state index contributed by atoms with van der Waals surface area (Å²) in [6.07, 6.45) is 25.8. The third kappa shape index (κ3) is 15.2. The number of hydrogen-bond acceptors (Lipinski definition) is 0. The van der Waals surface area contributed by atoms with E-state index in [0.29, 0.717) is 0 Å². The van der Waals surface area contributed by atoms with Gasteiger partial charge in [0.1, 0.15) is 0 Å². The van der Waals surface area contributed by atoms with Crippen molar-refractivity contribution in [3.05, 3.63) is 30.3 Å². The molecule has 1 unspecified atom stereocenters. The van der Waals surface area contributed by atoms with Gasteiger partial charge in [-0.05, 0) is 11.2 Å². The first-order valence-corrected chi connectivity index (χ1v) is 16.6. The van der Waals surface area contributed by atoms with Crippen molar-refractivity contribution in [2.45, 2.75) is 135 Å². The molecule has 0 fully saturated rings. The molecule has 1 aromatic rings. The normalized spacial score (nSPS) is 13.5. The number of unbranched alkanes of at least 4 members (excludes halogenated alkanes) is 17. The van der Waals surface area contributed by atoms with Crippen LogP contribution in [0.3, 0.4) is 0 Å². The van der Waals surface area contributed by atoms with E-state index in [-0.39, 0.29) is 0 Å². The number of rotatable bonds is 20. The molecule has 0 saturated heterocycles. The lowest BCUT2D eigenvalue weighted by atomic mass is 10.0. The highest BCUT2D eigenvalue weighted by atomic mass is 35.6. The molecule has 0 radical (unpaired) electrons. The van der Waals surface area contributed by atoms with Gasteiger partial charge in [0.05, 0.1) is 0 Å². The van der Waals surface area contributed by atoms with E-state index < -0.39 is 7.38 Å². The van der Waals surface area contributed by atoms with Crippen molar-refractivity contribution in [1.82, 2.24) is 0 Å². The summed E-state index contributed by atoms with van der Waals surface area (Å²) in [5.74, 6) is 0. The molecule has 0 nitrogen and oxygen atoms in total. The number of hydrogen-bond donors (Lipinski definition) is 0. The Morgan fingerprint density at radius 3 is 1.28 bits per heavy atom. The van der Waals surface area contributed by atoms with Gasteiger partial charge in [-0.3, -0.25) is 0 Å². The predicted molar refractivity (Wildman–Crippen MR) is 137 cm³/mol. The lowest BCUT2D eigenvalue weighted by Gasteiger charge is -2.19. The topological polar surface area (TPSA) is 0 Å². The smallest absolute Gasteiger partial charge is 0.161 e. The molecule has 0 N–H and O–H groups in total. The second-order valence-electron chi connectivity index (χ2n) is 9.32. The van der Waals surface area contributed by atoms with Crippen molar-refractivity contribution < 1.29 is 0 Å². The predicted octanol–water partition coefficient (Wildman–Crippen LogP) is 9.75. The molecule has 0 saturated carbocycles. The molecular weight excluding hydrogens is 388 g/mol. The largest absolute Gasteiger partial charge is 0.183 e.